The molecule has 0 radical (unpaired) electrons. The summed E-state index contributed by atoms with van der Waals surface area (Å²) in [6, 6.07) is 6.56. The van der Waals surface area contributed by atoms with Crippen LogP contribution in [0.3, 0.4) is 0 Å². The highest BCUT2D eigenvalue weighted by atomic mass is 35.5. The van der Waals surface area contributed by atoms with E-state index in [-0.39, 0.29) is 27.9 Å². The van der Waals surface area contributed by atoms with Crippen molar-refractivity contribution in [2.24, 2.45) is 0 Å². The van der Waals surface area contributed by atoms with Gasteiger partial charge in [-0.25, -0.2) is 12.8 Å². The molecule has 0 aliphatic carbocycles. The van der Waals surface area contributed by atoms with Gasteiger partial charge in [-0.15, -0.1) is 0 Å². The molecule has 2 aromatic carbocycles. The third kappa shape index (κ3) is 3.02. The average Bonchev–Trinajstić information content (AvgIpc) is 2.80. The second-order valence-electron chi connectivity index (χ2n) is 5.23. The topological polar surface area (TPSA) is 75.3 Å². The Hall–Kier alpha value is -2.12. The van der Waals surface area contributed by atoms with Crippen LogP contribution in [0, 0.1) is 12.7 Å². The lowest BCUT2D eigenvalue weighted by Crippen LogP contribution is -2.14. The number of aryl methyl sites for hydroxylation is 1. The number of carbonyl (C=O) groups is 1. The molecule has 8 heteroatoms. The number of hydrogen-bond acceptors (Lipinski definition) is 3. The van der Waals surface area contributed by atoms with Gasteiger partial charge in [0.25, 0.3) is 10.0 Å². The van der Waals surface area contributed by atoms with Crippen molar-refractivity contribution in [3.05, 3.63) is 52.3 Å². The number of hydrogen-bond donors (Lipinski definition) is 2. The van der Waals surface area contributed by atoms with Crippen molar-refractivity contribution in [1.29, 1.82) is 0 Å². The van der Waals surface area contributed by atoms with E-state index < -0.39 is 15.8 Å². The number of amides is 1. The molecule has 0 fully saturated rings. The maximum atomic E-state index is 13.3. The van der Waals surface area contributed by atoms with Crippen LogP contribution in [0.1, 0.15) is 11.1 Å². The third-order valence-corrected chi connectivity index (χ3v) is 5.35. The molecule has 2 aromatic rings. The van der Waals surface area contributed by atoms with E-state index in [1.165, 1.54) is 24.3 Å². The van der Waals surface area contributed by atoms with Crippen molar-refractivity contribution < 1.29 is 17.6 Å². The normalized spacial score (nSPS) is 13.6. The molecule has 1 heterocycles. The summed E-state index contributed by atoms with van der Waals surface area (Å²) in [5, 5.41) is 2.57. The molecule has 0 aromatic heterocycles. The number of fused-ring (bicyclic) bond motifs is 1. The van der Waals surface area contributed by atoms with Crippen LogP contribution in [0.2, 0.25) is 5.02 Å². The average molecular weight is 355 g/mol. The Morgan fingerprint density at radius 1 is 1.26 bits per heavy atom. The van der Waals surface area contributed by atoms with Gasteiger partial charge in [-0.3, -0.25) is 9.52 Å². The van der Waals surface area contributed by atoms with Crippen molar-refractivity contribution in [2.45, 2.75) is 18.2 Å². The first-order valence-corrected chi connectivity index (χ1v) is 8.53. The number of halogens is 2. The van der Waals surface area contributed by atoms with Gasteiger partial charge in [-0.2, -0.15) is 0 Å². The Morgan fingerprint density at radius 2 is 2.00 bits per heavy atom. The van der Waals surface area contributed by atoms with E-state index in [9.17, 15) is 17.6 Å². The van der Waals surface area contributed by atoms with Crippen LogP contribution in [-0.4, -0.2) is 14.3 Å². The van der Waals surface area contributed by atoms with Crippen LogP contribution in [0.4, 0.5) is 15.8 Å². The highest BCUT2D eigenvalue weighted by Gasteiger charge is 2.25. The number of carbonyl (C=O) groups excluding carboxylic acids is 1. The Kier molecular flexibility index (Phi) is 3.77. The molecule has 0 spiro atoms. The van der Waals surface area contributed by atoms with Crippen LogP contribution in [-0.2, 0) is 21.2 Å². The molecular weight excluding hydrogens is 343 g/mol. The second-order valence-corrected chi connectivity index (χ2v) is 7.29. The molecule has 1 aliphatic rings. The number of rotatable bonds is 3. The van der Waals surface area contributed by atoms with E-state index >= 15 is 0 Å². The first-order chi connectivity index (χ1) is 10.8. The van der Waals surface area contributed by atoms with E-state index in [4.69, 9.17) is 11.6 Å². The lowest BCUT2D eigenvalue weighted by molar-refractivity contribution is -0.115. The molecule has 0 unspecified atom stereocenters. The van der Waals surface area contributed by atoms with Crippen molar-refractivity contribution in [3.63, 3.8) is 0 Å². The zero-order chi connectivity index (χ0) is 16.8. The minimum absolute atomic E-state index is 0.0208. The summed E-state index contributed by atoms with van der Waals surface area (Å²) in [5.74, 6) is -0.775. The molecule has 5 nitrogen and oxygen atoms in total. The summed E-state index contributed by atoms with van der Waals surface area (Å²) in [5.41, 5.74) is 1.76. The van der Waals surface area contributed by atoms with Crippen molar-refractivity contribution in [3.8, 4) is 0 Å². The van der Waals surface area contributed by atoms with E-state index in [1.54, 1.807) is 6.92 Å². The summed E-state index contributed by atoms with van der Waals surface area (Å²) < 4.78 is 40.7. The Bertz CT molecular complexity index is 929. The molecule has 0 saturated heterocycles. The van der Waals surface area contributed by atoms with Crippen LogP contribution in [0.5, 0.6) is 0 Å². The molecule has 0 atom stereocenters. The van der Waals surface area contributed by atoms with Gasteiger partial charge in [0.05, 0.1) is 17.1 Å². The first kappa shape index (κ1) is 15.8. The zero-order valence-electron chi connectivity index (χ0n) is 12.0. The molecule has 1 amide bonds. The van der Waals surface area contributed by atoms with E-state index in [1.807, 2.05) is 0 Å². The van der Waals surface area contributed by atoms with Gasteiger partial charge < -0.3 is 5.32 Å². The minimum Gasteiger partial charge on any atom is -0.325 e. The maximum absolute atomic E-state index is 13.3. The Balaban J connectivity index is 2.02. The lowest BCUT2D eigenvalue weighted by Gasteiger charge is -2.13. The maximum Gasteiger partial charge on any atom is 0.263 e. The predicted octanol–water partition coefficient (Wildman–Crippen LogP) is 3.08. The fraction of sp³-hybridized carbons (Fsp3) is 0.133. The van der Waals surface area contributed by atoms with E-state index in [0.717, 1.165) is 6.07 Å². The number of sulfonamides is 1. The SMILES string of the molecule is Cc1ccc(F)cc1NS(=O)(=O)c1cc2c(cc1Cl)NC(=O)C2. The third-order valence-electron chi connectivity index (χ3n) is 3.52. The smallest absolute Gasteiger partial charge is 0.263 e. The van der Waals surface area contributed by atoms with Crippen LogP contribution in [0.15, 0.2) is 35.2 Å². The molecule has 3 rings (SSSR count). The highest BCUT2D eigenvalue weighted by molar-refractivity contribution is 7.92. The number of anilines is 2. The molecule has 2 N–H and O–H groups in total. The van der Waals surface area contributed by atoms with Crippen molar-refractivity contribution in [1.82, 2.24) is 0 Å². The first-order valence-electron chi connectivity index (χ1n) is 6.67. The van der Waals surface area contributed by atoms with E-state index in [0.29, 0.717) is 16.8 Å². The summed E-state index contributed by atoms with van der Waals surface area (Å²) in [6.07, 6.45) is 0.0913. The highest BCUT2D eigenvalue weighted by Crippen LogP contribution is 2.33. The molecular formula is C15H12ClFN2O3S. The standard InChI is InChI=1S/C15H12ClFN2O3S/c1-8-2-3-10(17)6-12(8)19-23(21,22)14-4-9-5-15(20)18-13(9)7-11(14)16/h2-4,6-7,19H,5H2,1H3,(H,18,20). The van der Waals surface area contributed by atoms with Crippen LogP contribution >= 0.6 is 11.6 Å². The van der Waals surface area contributed by atoms with Crippen molar-refractivity contribution >= 4 is 38.9 Å². The van der Waals surface area contributed by atoms with Crippen LogP contribution in [0.25, 0.3) is 0 Å². The molecule has 23 heavy (non-hydrogen) atoms. The van der Waals surface area contributed by atoms with Gasteiger partial charge in [0, 0.05) is 5.69 Å². The summed E-state index contributed by atoms with van der Waals surface area (Å²) in [4.78, 5) is 11.2. The molecule has 0 saturated carbocycles. The minimum atomic E-state index is -4.01. The molecule has 0 bridgehead atoms. The van der Waals surface area contributed by atoms with Gasteiger partial charge >= 0.3 is 0 Å². The van der Waals surface area contributed by atoms with Gasteiger partial charge in [-0.1, -0.05) is 17.7 Å². The summed E-state index contributed by atoms with van der Waals surface area (Å²) in [7, 11) is -4.01. The largest absolute Gasteiger partial charge is 0.325 e. The Labute approximate surface area is 137 Å². The van der Waals surface area contributed by atoms with Gasteiger partial charge in [0.2, 0.25) is 5.91 Å². The monoisotopic (exact) mass is 354 g/mol. The van der Waals surface area contributed by atoms with E-state index in [2.05, 4.69) is 10.0 Å². The van der Waals surface area contributed by atoms with Crippen molar-refractivity contribution in [2.75, 3.05) is 10.0 Å². The quantitative estimate of drug-likeness (QED) is 0.889. The molecule has 1 aliphatic heterocycles. The fourth-order valence-corrected chi connectivity index (χ4v) is 4.04. The number of nitrogens with one attached hydrogen (secondary N) is 2. The second kappa shape index (κ2) is 5.50. The van der Waals surface area contributed by atoms with Gasteiger partial charge in [0.15, 0.2) is 0 Å². The number of benzene rings is 2. The summed E-state index contributed by atoms with van der Waals surface area (Å²) in [6.45, 7) is 1.66. The Morgan fingerprint density at radius 3 is 2.74 bits per heavy atom. The predicted molar refractivity (Wildman–Crippen MR) is 85.7 cm³/mol. The summed E-state index contributed by atoms with van der Waals surface area (Å²) >= 11 is 6.03. The van der Waals surface area contributed by atoms with Gasteiger partial charge in [-0.05, 0) is 42.3 Å². The molecule has 120 valence electrons. The van der Waals surface area contributed by atoms with Gasteiger partial charge in [0.1, 0.15) is 10.7 Å². The fourth-order valence-electron chi connectivity index (χ4n) is 2.34. The lowest BCUT2D eigenvalue weighted by atomic mass is 10.2. The zero-order valence-corrected chi connectivity index (χ0v) is 13.6. The van der Waals surface area contributed by atoms with Crippen LogP contribution < -0.4 is 10.0 Å².